The zero-order chi connectivity index (χ0) is 15.4. The van der Waals surface area contributed by atoms with Crippen molar-refractivity contribution in [1.82, 2.24) is 0 Å². The maximum atomic E-state index is 12.1. The van der Waals surface area contributed by atoms with Crippen LogP contribution in [0.1, 0.15) is 18.1 Å². The summed E-state index contributed by atoms with van der Waals surface area (Å²) in [5.41, 5.74) is 9.13. The molecule has 2 rings (SSSR count). The number of hydrogen-bond donors (Lipinski definition) is 2. The van der Waals surface area contributed by atoms with Crippen molar-refractivity contribution in [2.75, 3.05) is 11.1 Å². The monoisotopic (exact) mass is 284 g/mol. The van der Waals surface area contributed by atoms with Crippen molar-refractivity contribution in [1.29, 1.82) is 0 Å². The molecule has 4 nitrogen and oxygen atoms in total. The standard InChI is InChI=1S/C17H20N2O2/c1-11-7-8-16(12(2)9-11)21-13(3)17(20)19-15-6-4-5-14(18)10-15/h4-10,13H,18H2,1-3H3,(H,19,20). The van der Waals surface area contributed by atoms with Gasteiger partial charge >= 0.3 is 0 Å². The number of carbonyl (C=O) groups excluding carboxylic acids is 1. The second-order valence-electron chi connectivity index (χ2n) is 5.14. The third kappa shape index (κ3) is 3.99. The Balaban J connectivity index is 2.02. The molecule has 0 saturated heterocycles. The van der Waals surface area contributed by atoms with E-state index in [0.717, 1.165) is 16.9 Å². The van der Waals surface area contributed by atoms with Crippen molar-refractivity contribution in [2.24, 2.45) is 0 Å². The number of amides is 1. The number of nitrogen functional groups attached to an aromatic ring is 1. The largest absolute Gasteiger partial charge is 0.481 e. The number of carbonyl (C=O) groups is 1. The molecule has 1 unspecified atom stereocenters. The Bertz CT molecular complexity index is 653. The van der Waals surface area contributed by atoms with Gasteiger partial charge in [0.05, 0.1) is 0 Å². The first-order valence-electron chi connectivity index (χ1n) is 6.86. The number of ether oxygens (including phenoxy) is 1. The normalized spacial score (nSPS) is 11.8. The van der Waals surface area contributed by atoms with Gasteiger partial charge in [-0.05, 0) is 50.6 Å². The van der Waals surface area contributed by atoms with Crippen molar-refractivity contribution in [3.8, 4) is 5.75 Å². The molecule has 110 valence electrons. The van der Waals surface area contributed by atoms with Crippen LogP contribution in [0.5, 0.6) is 5.75 Å². The smallest absolute Gasteiger partial charge is 0.265 e. The highest BCUT2D eigenvalue weighted by Gasteiger charge is 2.15. The third-order valence-corrected chi connectivity index (χ3v) is 3.16. The van der Waals surface area contributed by atoms with Gasteiger partial charge in [-0.25, -0.2) is 0 Å². The van der Waals surface area contributed by atoms with Crippen LogP contribution in [-0.2, 0) is 4.79 Å². The molecule has 2 aromatic rings. The lowest BCUT2D eigenvalue weighted by Gasteiger charge is -2.16. The third-order valence-electron chi connectivity index (χ3n) is 3.16. The molecule has 0 heterocycles. The van der Waals surface area contributed by atoms with Gasteiger partial charge in [-0.2, -0.15) is 0 Å². The first kappa shape index (κ1) is 14.9. The molecule has 0 aliphatic rings. The zero-order valence-corrected chi connectivity index (χ0v) is 12.5. The number of benzene rings is 2. The maximum Gasteiger partial charge on any atom is 0.265 e. The lowest BCUT2D eigenvalue weighted by Crippen LogP contribution is -2.30. The summed E-state index contributed by atoms with van der Waals surface area (Å²) >= 11 is 0. The molecule has 0 aliphatic carbocycles. The summed E-state index contributed by atoms with van der Waals surface area (Å²) in [6, 6.07) is 12.9. The average molecular weight is 284 g/mol. The van der Waals surface area contributed by atoms with Gasteiger partial charge in [-0.3, -0.25) is 4.79 Å². The molecule has 21 heavy (non-hydrogen) atoms. The Labute approximate surface area is 124 Å². The van der Waals surface area contributed by atoms with Gasteiger partial charge in [0.1, 0.15) is 5.75 Å². The Morgan fingerprint density at radius 3 is 2.62 bits per heavy atom. The molecule has 0 spiro atoms. The summed E-state index contributed by atoms with van der Waals surface area (Å²) in [7, 11) is 0. The maximum absolute atomic E-state index is 12.1. The van der Waals surface area contributed by atoms with Gasteiger partial charge in [0.2, 0.25) is 0 Å². The van der Waals surface area contributed by atoms with Crippen LogP contribution >= 0.6 is 0 Å². The van der Waals surface area contributed by atoms with E-state index in [2.05, 4.69) is 5.32 Å². The summed E-state index contributed by atoms with van der Waals surface area (Å²) in [5, 5.41) is 2.79. The van der Waals surface area contributed by atoms with Crippen LogP contribution in [0.25, 0.3) is 0 Å². The van der Waals surface area contributed by atoms with Gasteiger partial charge in [0.15, 0.2) is 6.10 Å². The molecule has 0 bridgehead atoms. The van der Waals surface area contributed by atoms with E-state index in [0.29, 0.717) is 11.4 Å². The van der Waals surface area contributed by atoms with Crippen LogP contribution in [-0.4, -0.2) is 12.0 Å². The van der Waals surface area contributed by atoms with E-state index in [1.807, 2.05) is 32.0 Å². The van der Waals surface area contributed by atoms with Gasteiger partial charge in [-0.1, -0.05) is 23.8 Å². The summed E-state index contributed by atoms with van der Waals surface area (Å²) < 4.78 is 5.72. The molecule has 0 aromatic heterocycles. The van der Waals surface area contributed by atoms with Crippen LogP contribution in [0.4, 0.5) is 11.4 Å². The van der Waals surface area contributed by atoms with E-state index in [-0.39, 0.29) is 5.91 Å². The van der Waals surface area contributed by atoms with Crippen molar-refractivity contribution in [3.05, 3.63) is 53.6 Å². The summed E-state index contributed by atoms with van der Waals surface area (Å²) in [6.07, 6.45) is -0.590. The van der Waals surface area contributed by atoms with Crippen molar-refractivity contribution in [2.45, 2.75) is 26.9 Å². The first-order chi connectivity index (χ1) is 9.95. The van der Waals surface area contributed by atoms with Crippen molar-refractivity contribution < 1.29 is 9.53 Å². The quantitative estimate of drug-likeness (QED) is 0.847. The number of nitrogens with one attached hydrogen (secondary N) is 1. The minimum atomic E-state index is -0.590. The number of nitrogens with two attached hydrogens (primary N) is 1. The van der Waals surface area contributed by atoms with Crippen LogP contribution in [0.15, 0.2) is 42.5 Å². The Morgan fingerprint density at radius 1 is 1.19 bits per heavy atom. The van der Waals surface area contributed by atoms with E-state index >= 15 is 0 Å². The number of hydrogen-bond acceptors (Lipinski definition) is 3. The minimum Gasteiger partial charge on any atom is -0.481 e. The average Bonchev–Trinajstić information content (AvgIpc) is 2.41. The van der Waals surface area contributed by atoms with Crippen LogP contribution in [0.3, 0.4) is 0 Å². The van der Waals surface area contributed by atoms with Crippen LogP contribution in [0, 0.1) is 13.8 Å². The fourth-order valence-electron chi connectivity index (χ4n) is 2.04. The molecule has 0 aliphatic heterocycles. The summed E-state index contributed by atoms with van der Waals surface area (Å²) in [6.45, 7) is 5.71. The fraction of sp³-hybridized carbons (Fsp3) is 0.235. The van der Waals surface area contributed by atoms with E-state index < -0.39 is 6.10 Å². The molecular formula is C17H20N2O2. The molecule has 0 radical (unpaired) electrons. The minimum absolute atomic E-state index is 0.208. The number of rotatable bonds is 4. The zero-order valence-electron chi connectivity index (χ0n) is 12.5. The van der Waals surface area contributed by atoms with Crippen LogP contribution < -0.4 is 15.8 Å². The molecule has 0 fully saturated rings. The van der Waals surface area contributed by atoms with E-state index in [1.165, 1.54) is 0 Å². The molecule has 4 heteroatoms. The van der Waals surface area contributed by atoms with Gasteiger partial charge in [0, 0.05) is 11.4 Å². The Morgan fingerprint density at radius 2 is 1.95 bits per heavy atom. The van der Waals surface area contributed by atoms with Gasteiger partial charge in [-0.15, -0.1) is 0 Å². The fourth-order valence-corrected chi connectivity index (χ4v) is 2.04. The van der Waals surface area contributed by atoms with Gasteiger partial charge in [0.25, 0.3) is 5.91 Å². The van der Waals surface area contributed by atoms with Gasteiger partial charge < -0.3 is 15.8 Å². The Kier molecular flexibility index (Phi) is 4.48. The number of aryl methyl sites for hydroxylation is 2. The van der Waals surface area contributed by atoms with E-state index in [9.17, 15) is 4.79 Å². The summed E-state index contributed by atoms with van der Waals surface area (Å²) in [5.74, 6) is 0.511. The molecule has 3 N–H and O–H groups in total. The van der Waals surface area contributed by atoms with Crippen molar-refractivity contribution >= 4 is 17.3 Å². The Hall–Kier alpha value is -2.49. The lowest BCUT2D eigenvalue weighted by molar-refractivity contribution is -0.122. The molecule has 1 atom stereocenters. The predicted molar refractivity (Wildman–Crippen MR) is 85.5 cm³/mol. The first-order valence-corrected chi connectivity index (χ1v) is 6.86. The number of anilines is 2. The highest BCUT2D eigenvalue weighted by atomic mass is 16.5. The molecule has 2 aromatic carbocycles. The second-order valence-corrected chi connectivity index (χ2v) is 5.14. The summed E-state index contributed by atoms with van der Waals surface area (Å²) in [4.78, 5) is 12.1. The topological polar surface area (TPSA) is 64.3 Å². The van der Waals surface area contributed by atoms with Crippen molar-refractivity contribution in [3.63, 3.8) is 0 Å². The molecule has 1 amide bonds. The second kappa shape index (κ2) is 6.31. The predicted octanol–water partition coefficient (Wildman–Crippen LogP) is 3.29. The molecule has 0 saturated carbocycles. The lowest BCUT2D eigenvalue weighted by atomic mass is 10.1. The van der Waals surface area contributed by atoms with E-state index in [1.54, 1.807) is 31.2 Å². The van der Waals surface area contributed by atoms with E-state index in [4.69, 9.17) is 10.5 Å². The SMILES string of the molecule is Cc1ccc(OC(C)C(=O)Nc2cccc(N)c2)c(C)c1. The molecular weight excluding hydrogens is 264 g/mol. The highest BCUT2D eigenvalue weighted by molar-refractivity contribution is 5.94. The van der Waals surface area contributed by atoms with Crippen LogP contribution in [0.2, 0.25) is 0 Å². The highest BCUT2D eigenvalue weighted by Crippen LogP contribution is 2.20.